The number of amides is 2. The molecule has 0 bridgehead atoms. The van der Waals surface area contributed by atoms with Crippen LogP contribution in [-0.4, -0.2) is 38.3 Å². The quantitative estimate of drug-likeness (QED) is 0.472. The summed E-state index contributed by atoms with van der Waals surface area (Å²) in [5, 5.41) is 4.25. The van der Waals surface area contributed by atoms with Gasteiger partial charge in [0.05, 0.1) is 7.11 Å². The molecule has 0 fully saturated rings. The zero-order chi connectivity index (χ0) is 23.0. The Morgan fingerprint density at radius 3 is 2.32 bits per heavy atom. The standard InChI is InChI=1S/C20H17F5N2O4/c1-30-16-10-12(2-8-15(16)31-19(21)22)3-9-17(28)27-14-6-4-13(5-7-14)18(29)26-11-20(23,24)25/h2-10,19H,11H2,1H3,(H,26,29)(H,27,28)/b9-3+. The second-order valence-corrected chi connectivity index (χ2v) is 5.99. The van der Waals surface area contributed by atoms with Gasteiger partial charge < -0.3 is 20.1 Å². The first-order chi connectivity index (χ1) is 14.6. The van der Waals surface area contributed by atoms with Crippen molar-refractivity contribution in [3.05, 3.63) is 59.7 Å². The molecule has 0 aliphatic rings. The SMILES string of the molecule is COc1cc(/C=C/C(=O)Nc2ccc(C(=O)NCC(F)(F)F)cc2)ccc1OC(F)F. The predicted molar refractivity (Wildman–Crippen MR) is 102 cm³/mol. The molecule has 11 heteroatoms. The fourth-order valence-corrected chi connectivity index (χ4v) is 2.32. The molecule has 2 amide bonds. The smallest absolute Gasteiger partial charge is 0.405 e. The van der Waals surface area contributed by atoms with E-state index in [1.54, 1.807) is 5.32 Å². The third kappa shape index (κ3) is 7.96. The van der Waals surface area contributed by atoms with Crippen LogP contribution in [-0.2, 0) is 4.79 Å². The summed E-state index contributed by atoms with van der Waals surface area (Å²) >= 11 is 0. The number of benzene rings is 2. The molecule has 31 heavy (non-hydrogen) atoms. The van der Waals surface area contributed by atoms with Crippen molar-refractivity contribution in [1.29, 1.82) is 0 Å². The third-order valence-corrected chi connectivity index (χ3v) is 3.69. The summed E-state index contributed by atoms with van der Waals surface area (Å²) in [5.41, 5.74) is 0.779. The summed E-state index contributed by atoms with van der Waals surface area (Å²) < 4.78 is 70.4. The Balaban J connectivity index is 1.96. The van der Waals surface area contributed by atoms with Crippen LogP contribution < -0.4 is 20.1 Å². The maximum absolute atomic E-state index is 12.3. The minimum absolute atomic E-state index is 0.00371. The summed E-state index contributed by atoms with van der Waals surface area (Å²) in [7, 11) is 1.28. The van der Waals surface area contributed by atoms with Crippen molar-refractivity contribution < 1.29 is 41.0 Å². The van der Waals surface area contributed by atoms with Crippen LogP contribution in [0, 0.1) is 0 Å². The Labute approximate surface area is 173 Å². The van der Waals surface area contributed by atoms with Crippen molar-refractivity contribution >= 4 is 23.6 Å². The van der Waals surface area contributed by atoms with E-state index in [0.717, 1.165) is 0 Å². The molecule has 0 aliphatic heterocycles. The molecule has 0 saturated carbocycles. The van der Waals surface area contributed by atoms with Gasteiger partial charge in [-0.05, 0) is 48.0 Å². The molecule has 0 radical (unpaired) electrons. The van der Waals surface area contributed by atoms with Crippen LogP contribution in [0.4, 0.5) is 27.6 Å². The highest BCUT2D eigenvalue weighted by atomic mass is 19.4. The average Bonchev–Trinajstić information content (AvgIpc) is 2.71. The van der Waals surface area contributed by atoms with E-state index >= 15 is 0 Å². The number of anilines is 1. The lowest BCUT2D eigenvalue weighted by Gasteiger charge is -2.10. The maximum Gasteiger partial charge on any atom is 0.405 e. The fourth-order valence-electron chi connectivity index (χ4n) is 2.32. The molecule has 166 valence electrons. The van der Waals surface area contributed by atoms with E-state index in [1.165, 1.54) is 61.7 Å². The van der Waals surface area contributed by atoms with Crippen molar-refractivity contribution in [2.45, 2.75) is 12.8 Å². The van der Waals surface area contributed by atoms with Crippen LogP contribution in [0.15, 0.2) is 48.5 Å². The van der Waals surface area contributed by atoms with E-state index in [9.17, 15) is 31.5 Å². The first-order valence-electron chi connectivity index (χ1n) is 8.64. The molecule has 2 aromatic carbocycles. The normalized spacial score (nSPS) is 11.5. The summed E-state index contributed by atoms with van der Waals surface area (Å²) in [5.74, 6) is -1.54. The van der Waals surface area contributed by atoms with Gasteiger partial charge in [-0.3, -0.25) is 9.59 Å². The molecular weight excluding hydrogens is 427 g/mol. The number of ether oxygens (including phenoxy) is 2. The maximum atomic E-state index is 12.3. The molecule has 2 rings (SSSR count). The number of alkyl halides is 5. The van der Waals surface area contributed by atoms with Crippen molar-refractivity contribution in [3.8, 4) is 11.5 Å². The molecular formula is C20H17F5N2O4. The highest BCUT2D eigenvalue weighted by Gasteiger charge is 2.27. The van der Waals surface area contributed by atoms with Gasteiger partial charge >= 0.3 is 12.8 Å². The lowest BCUT2D eigenvalue weighted by Crippen LogP contribution is -2.33. The van der Waals surface area contributed by atoms with Gasteiger partial charge in [-0.15, -0.1) is 0 Å². The van der Waals surface area contributed by atoms with E-state index < -0.39 is 31.1 Å². The van der Waals surface area contributed by atoms with Crippen LogP contribution in [0.3, 0.4) is 0 Å². The number of rotatable bonds is 8. The number of hydrogen-bond acceptors (Lipinski definition) is 4. The van der Waals surface area contributed by atoms with Crippen LogP contribution >= 0.6 is 0 Å². The lowest BCUT2D eigenvalue weighted by molar-refractivity contribution is -0.123. The highest BCUT2D eigenvalue weighted by Crippen LogP contribution is 2.29. The van der Waals surface area contributed by atoms with Crippen LogP contribution in [0.25, 0.3) is 6.08 Å². The minimum atomic E-state index is -4.52. The average molecular weight is 444 g/mol. The molecule has 0 spiro atoms. The Morgan fingerprint density at radius 1 is 1.06 bits per heavy atom. The van der Waals surface area contributed by atoms with E-state index in [0.29, 0.717) is 11.3 Å². The number of nitrogens with one attached hydrogen (secondary N) is 2. The van der Waals surface area contributed by atoms with Gasteiger partial charge in [0.2, 0.25) is 5.91 Å². The first kappa shape index (κ1) is 23.6. The summed E-state index contributed by atoms with van der Waals surface area (Å²) in [4.78, 5) is 23.7. The Kier molecular flexibility index (Phi) is 7.94. The van der Waals surface area contributed by atoms with Gasteiger partial charge in [0.15, 0.2) is 11.5 Å². The Bertz CT molecular complexity index is 944. The van der Waals surface area contributed by atoms with E-state index in [-0.39, 0.29) is 17.1 Å². The predicted octanol–water partition coefficient (Wildman–Crippen LogP) is 4.24. The highest BCUT2D eigenvalue weighted by molar-refractivity contribution is 6.02. The Hall–Kier alpha value is -3.63. The molecule has 0 aromatic heterocycles. The molecule has 0 heterocycles. The number of halogens is 5. The lowest BCUT2D eigenvalue weighted by atomic mass is 10.1. The van der Waals surface area contributed by atoms with Gasteiger partial charge in [0.25, 0.3) is 5.91 Å². The third-order valence-electron chi connectivity index (χ3n) is 3.69. The Morgan fingerprint density at radius 2 is 1.74 bits per heavy atom. The van der Waals surface area contributed by atoms with Crippen molar-refractivity contribution in [2.75, 3.05) is 19.0 Å². The van der Waals surface area contributed by atoms with Gasteiger partial charge in [-0.25, -0.2) is 0 Å². The zero-order valence-electron chi connectivity index (χ0n) is 16.0. The molecule has 0 aliphatic carbocycles. The second kappa shape index (κ2) is 10.4. The van der Waals surface area contributed by atoms with Crippen LogP contribution in [0.1, 0.15) is 15.9 Å². The summed E-state index contributed by atoms with van der Waals surface area (Å²) in [6.07, 6.45) is -1.94. The molecule has 2 N–H and O–H groups in total. The summed E-state index contributed by atoms with van der Waals surface area (Å²) in [6.45, 7) is -4.46. The first-order valence-corrected chi connectivity index (χ1v) is 8.64. The van der Waals surface area contributed by atoms with E-state index in [1.807, 2.05) is 0 Å². The van der Waals surface area contributed by atoms with Gasteiger partial charge in [-0.2, -0.15) is 22.0 Å². The van der Waals surface area contributed by atoms with Crippen molar-refractivity contribution in [1.82, 2.24) is 5.32 Å². The minimum Gasteiger partial charge on any atom is -0.493 e. The number of hydrogen-bond donors (Lipinski definition) is 2. The second-order valence-electron chi connectivity index (χ2n) is 5.99. The molecule has 2 aromatic rings. The van der Waals surface area contributed by atoms with Crippen LogP contribution in [0.2, 0.25) is 0 Å². The molecule has 0 atom stereocenters. The van der Waals surface area contributed by atoms with E-state index in [4.69, 9.17) is 4.74 Å². The summed E-state index contributed by atoms with van der Waals surface area (Å²) in [6, 6.07) is 9.34. The number of carbonyl (C=O) groups is 2. The van der Waals surface area contributed by atoms with Crippen molar-refractivity contribution in [2.24, 2.45) is 0 Å². The van der Waals surface area contributed by atoms with Gasteiger partial charge in [0.1, 0.15) is 6.54 Å². The van der Waals surface area contributed by atoms with Crippen molar-refractivity contribution in [3.63, 3.8) is 0 Å². The largest absolute Gasteiger partial charge is 0.493 e. The van der Waals surface area contributed by atoms with Crippen LogP contribution in [0.5, 0.6) is 11.5 Å². The fraction of sp³-hybridized carbons (Fsp3) is 0.200. The zero-order valence-corrected chi connectivity index (χ0v) is 16.0. The number of methoxy groups -OCH3 is 1. The number of carbonyl (C=O) groups excluding carboxylic acids is 2. The molecule has 6 nitrogen and oxygen atoms in total. The topological polar surface area (TPSA) is 76.7 Å². The molecule has 0 saturated heterocycles. The molecule has 0 unspecified atom stereocenters. The monoisotopic (exact) mass is 444 g/mol. The van der Waals surface area contributed by atoms with Gasteiger partial charge in [0, 0.05) is 17.3 Å². The van der Waals surface area contributed by atoms with Gasteiger partial charge in [-0.1, -0.05) is 6.07 Å². The van der Waals surface area contributed by atoms with E-state index in [2.05, 4.69) is 10.1 Å².